The molecule has 81 valence electrons. The Morgan fingerprint density at radius 1 is 0.824 bits per heavy atom. The summed E-state index contributed by atoms with van der Waals surface area (Å²) in [7, 11) is 0. The fraction of sp³-hybridized carbons (Fsp3) is 0. The van der Waals surface area contributed by atoms with Crippen LogP contribution in [0.2, 0.25) is 0 Å². The Morgan fingerprint density at radius 2 is 1.18 bits per heavy atom. The molecule has 0 saturated carbocycles. The molecule has 17 heavy (non-hydrogen) atoms. The van der Waals surface area contributed by atoms with Gasteiger partial charge in [-0.15, -0.1) is 12.6 Å². The third kappa shape index (κ3) is 3.83. The molecule has 0 aliphatic carbocycles. The average Bonchev–Trinajstić information content (AvgIpc) is 2.31. The largest absolute Gasteiger partial charge is 0.296 e. The van der Waals surface area contributed by atoms with Gasteiger partial charge in [0.25, 0.3) is 0 Å². The van der Waals surface area contributed by atoms with Gasteiger partial charge in [0.2, 0.25) is 0 Å². The Labute approximate surface area is 135 Å². The van der Waals surface area contributed by atoms with E-state index in [0.29, 0.717) is 4.32 Å². The van der Waals surface area contributed by atoms with Gasteiger partial charge in [0.1, 0.15) is 4.32 Å². The average molecular weight is 268 g/mol. The molecule has 4 heteroatoms. The number of rotatable bonds is 2. The molecule has 0 saturated heterocycles. The van der Waals surface area contributed by atoms with Crippen molar-refractivity contribution < 1.29 is 0 Å². The van der Waals surface area contributed by atoms with Crippen LogP contribution in [0.15, 0.2) is 60.7 Å². The molecule has 0 bridgehead atoms. The van der Waals surface area contributed by atoms with Crippen molar-refractivity contribution in [1.29, 1.82) is 0 Å². The van der Waals surface area contributed by atoms with Gasteiger partial charge < -0.3 is 0 Å². The Morgan fingerprint density at radius 3 is 1.47 bits per heavy atom. The summed E-state index contributed by atoms with van der Waals surface area (Å²) < 4.78 is 0.539. The number of para-hydroxylation sites is 2. The molecule has 0 fully saturated rings. The van der Waals surface area contributed by atoms with Crippen molar-refractivity contribution in [2.45, 2.75) is 0 Å². The van der Waals surface area contributed by atoms with Crippen molar-refractivity contribution in [3.8, 4) is 0 Å². The molecular formula is C13H11NNaS2. The molecule has 0 aliphatic rings. The van der Waals surface area contributed by atoms with Crippen molar-refractivity contribution in [2.75, 3.05) is 4.90 Å². The van der Waals surface area contributed by atoms with Gasteiger partial charge in [-0.3, -0.25) is 4.90 Å². The van der Waals surface area contributed by atoms with Crippen LogP contribution >= 0.6 is 24.8 Å². The summed E-state index contributed by atoms with van der Waals surface area (Å²) in [5.74, 6) is 0. The maximum absolute atomic E-state index is 5.17. The van der Waals surface area contributed by atoms with Crippen LogP contribution in [-0.2, 0) is 0 Å². The van der Waals surface area contributed by atoms with Gasteiger partial charge in [0.05, 0.1) is 0 Å². The second-order valence-electron chi connectivity index (χ2n) is 3.29. The molecule has 0 spiro atoms. The monoisotopic (exact) mass is 268 g/mol. The van der Waals surface area contributed by atoms with E-state index in [9.17, 15) is 0 Å². The van der Waals surface area contributed by atoms with E-state index in [0.717, 1.165) is 11.4 Å². The quantitative estimate of drug-likeness (QED) is 0.503. The number of nitrogens with zero attached hydrogens (tertiary/aromatic N) is 1. The van der Waals surface area contributed by atoms with E-state index in [4.69, 9.17) is 12.2 Å². The Hall–Kier alpha value is -0.320. The molecule has 0 N–H and O–H groups in total. The zero-order valence-electron chi connectivity index (χ0n) is 9.58. The van der Waals surface area contributed by atoms with E-state index < -0.39 is 0 Å². The summed E-state index contributed by atoms with van der Waals surface area (Å²) >= 11 is 9.44. The van der Waals surface area contributed by atoms with Crippen LogP contribution in [0.25, 0.3) is 0 Å². The van der Waals surface area contributed by atoms with Crippen LogP contribution < -0.4 is 4.90 Å². The van der Waals surface area contributed by atoms with Gasteiger partial charge in [-0.05, 0) is 24.3 Å². The van der Waals surface area contributed by atoms with E-state index in [2.05, 4.69) is 12.6 Å². The zero-order valence-corrected chi connectivity index (χ0v) is 13.3. The number of hydrogen-bond donors (Lipinski definition) is 1. The molecule has 2 aromatic rings. The number of thiol groups is 1. The predicted octanol–water partition coefficient (Wildman–Crippen LogP) is 3.66. The van der Waals surface area contributed by atoms with Gasteiger partial charge in [-0.25, -0.2) is 0 Å². The van der Waals surface area contributed by atoms with Gasteiger partial charge in [-0.2, -0.15) is 0 Å². The Balaban J connectivity index is 0.00000144. The van der Waals surface area contributed by atoms with E-state index >= 15 is 0 Å². The fourth-order valence-electron chi connectivity index (χ4n) is 1.52. The Bertz CT molecular complexity index is 434. The third-order valence-corrected chi connectivity index (χ3v) is 2.60. The third-order valence-electron chi connectivity index (χ3n) is 2.22. The van der Waals surface area contributed by atoms with E-state index in [1.165, 1.54) is 0 Å². The molecule has 2 aromatic carbocycles. The van der Waals surface area contributed by atoms with Crippen molar-refractivity contribution in [3.05, 3.63) is 60.7 Å². The minimum absolute atomic E-state index is 0. The molecule has 1 nitrogen and oxygen atoms in total. The van der Waals surface area contributed by atoms with Crippen LogP contribution in [0.3, 0.4) is 0 Å². The fourth-order valence-corrected chi connectivity index (χ4v) is 1.97. The van der Waals surface area contributed by atoms with Gasteiger partial charge in [0.15, 0.2) is 0 Å². The molecule has 0 heterocycles. The molecule has 0 amide bonds. The standard InChI is InChI=1S/C13H11NS2.Na/c15-13(16)14(11-7-3-1-4-8-11)12-9-5-2-6-10-12;/h1-10H,(H,15,16);. The maximum Gasteiger partial charge on any atom is 0.142 e. The van der Waals surface area contributed by atoms with Crippen molar-refractivity contribution in [1.82, 2.24) is 0 Å². The summed E-state index contributed by atoms with van der Waals surface area (Å²) in [6.45, 7) is 0. The maximum atomic E-state index is 5.17. The zero-order chi connectivity index (χ0) is 11.4. The summed E-state index contributed by atoms with van der Waals surface area (Å²) in [4.78, 5) is 1.93. The summed E-state index contributed by atoms with van der Waals surface area (Å²) in [6, 6.07) is 19.9. The van der Waals surface area contributed by atoms with Gasteiger partial charge >= 0.3 is 0 Å². The van der Waals surface area contributed by atoms with Gasteiger partial charge in [0, 0.05) is 40.9 Å². The Kier molecular flexibility index (Phi) is 6.23. The minimum Gasteiger partial charge on any atom is -0.296 e. The molecule has 0 atom stereocenters. The van der Waals surface area contributed by atoms with Crippen LogP contribution in [-0.4, -0.2) is 33.9 Å². The molecule has 2 rings (SSSR count). The van der Waals surface area contributed by atoms with Crippen molar-refractivity contribution in [3.63, 3.8) is 0 Å². The first-order valence-corrected chi connectivity index (χ1v) is 5.78. The first-order valence-electron chi connectivity index (χ1n) is 4.92. The number of benzene rings is 2. The predicted molar refractivity (Wildman–Crippen MR) is 82.4 cm³/mol. The van der Waals surface area contributed by atoms with E-state index in [1.807, 2.05) is 65.6 Å². The van der Waals surface area contributed by atoms with E-state index in [1.54, 1.807) is 0 Å². The van der Waals surface area contributed by atoms with Crippen molar-refractivity contribution in [2.24, 2.45) is 0 Å². The molecular weight excluding hydrogens is 257 g/mol. The topological polar surface area (TPSA) is 3.24 Å². The second kappa shape index (κ2) is 7.19. The first kappa shape index (κ1) is 14.7. The molecule has 0 aliphatic heterocycles. The van der Waals surface area contributed by atoms with Crippen LogP contribution in [0.4, 0.5) is 11.4 Å². The second-order valence-corrected chi connectivity index (χ2v) is 4.40. The number of thiocarbonyl (C=S) groups is 1. The molecule has 1 radical (unpaired) electrons. The smallest absolute Gasteiger partial charge is 0.142 e. The normalized spacial score (nSPS) is 9.24. The molecule has 0 aromatic heterocycles. The van der Waals surface area contributed by atoms with Crippen LogP contribution in [0.5, 0.6) is 0 Å². The summed E-state index contributed by atoms with van der Waals surface area (Å²) in [5, 5.41) is 0. The number of hydrogen-bond acceptors (Lipinski definition) is 1. The van der Waals surface area contributed by atoms with Crippen molar-refractivity contribution >= 4 is 70.1 Å². The first-order chi connectivity index (χ1) is 7.79. The van der Waals surface area contributed by atoms with E-state index in [-0.39, 0.29) is 29.6 Å². The summed E-state index contributed by atoms with van der Waals surface area (Å²) in [5.41, 5.74) is 2.04. The summed E-state index contributed by atoms with van der Waals surface area (Å²) in [6.07, 6.45) is 0. The minimum atomic E-state index is 0. The van der Waals surface area contributed by atoms with Crippen LogP contribution in [0.1, 0.15) is 0 Å². The molecule has 0 unspecified atom stereocenters. The SMILES string of the molecule is S=C(S)N(c1ccccc1)c1ccccc1.[Na]. The van der Waals surface area contributed by atoms with Crippen LogP contribution in [0, 0.1) is 0 Å². The van der Waals surface area contributed by atoms with Gasteiger partial charge in [-0.1, -0.05) is 48.6 Å². The number of anilines is 2.